The van der Waals surface area contributed by atoms with Gasteiger partial charge in [-0.05, 0) is 6.92 Å². The molecule has 0 aliphatic heterocycles. The Balaban J connectivity index is 2.38. The summed E-state index contributed by atoms with van der Waals surface area (Å²) < 4.78 is 1.40. The van der Waals surface area contributed by atoms with E-state index >= 15 is 0 Å². The zero-order valence-corrected chi connectivity index (χ0v) is 8.93. The van der Waals surface area contributed by atoms with E-state index in [0.717, 1.165) is 0 Å². The Morgan fingerprint density at radius 2 is 2.00 bits per heavy atom. The number of aromatic nitrogens is 2. The molecule has 0 bridgehead atoms. The average Bonchev–Trinajstić information content (AvgIpc) is 2.71. The molecule has 0 fully saturated rings. The lowest BCUT2D eigenvalue weighted by atomic mass is 10.1. The number of aryl methyl sites for hydroxylation is 1. The molecule has 4 nitrogen and oxygen atoms in total. The molecule has 4 heteroatoms. The van der Waals surface area contributed by atoms with E-state index in [1.807, 2.05) is 13.0 Å². The summed E-state index contributed by atoms with van der Waals surface area (Å²) in [7, 11) is 0. The van der Waals surface area contributed by atoms with E-state index in [4.69, 9.17) is 0 Å². The Bertz CT molecular complexity index is 552. The van der Waals surface area contributed by atoms with Crippen molar-refractivity contribution in [1.29, 1.82) is 0 Å². The first-order chi connectivity index (χ1) is 7.72. The van der Waals surface area contributed by atoms with Crippen molar-refractivity contribution in [2.75, 3.05) is 0 Å². The molecule has 1 N–H and O–H groups in total. The van der Waals surface area contributed by atoms with Gasteiger partial charge in [0.1, 0.15) is 5.69 Å². The third-order valence-corrected chi connectivity index (χ3v) is 2.39. The number of ketones is 1. The van der Waals surface area contributed by atoms with Crippen molar-refractivity contribution >= 4 is 5.78 Å². The van der Waals surface area contributed by atoms with Crippen molar-refractivity contribution < 1.29 is 4.79 Å². The van der Waals surface area contributed by atoms with E-state index in [9.17, 15) is 9.59 Å². The van der Waals surface area contributed by atoms with Crippen molar-refractivity contribution in [3.05, 3.63) is 58.0 Å². The van der Waals surface area contributed by atoms with Gasteiger partial charge in [0.05, 0.1) is 0 Å². The van der Waals surface area contributed by atoms with Gasteiger partial charge in [0, 0.05) is 18.2 Å². The van der Waals surface area contributed by atoms with Gasteiger partial charge in [-0.1, -0.05) is 30.3 Å². The maximum absolute atomic E-state index is 11.9. The van der Waals surface area contributed by atoms with Gasteiger partial charge in [-0.2, -0.15) is 0 Å². The van der Waals surface area contributed by atoms with Crippen LogP contribution in [0.25, 0.3) is 0 Å². The third-order valence-electron chi connectivity index (χ3n) is 2.39. The molecule has 1 aromatic carbocycles. The second-order valence-corrected chi connectivity index (χ2v) is 3.45. The van der Waals surface area contributed by atoms with Crippen LogP contribution in [0.2, 0.25) is 0 Å². The molecule has 0 unspecified atom stereocenters. The average molecular weight is 216 g/mol. The zero-order chi connectivity index (χ0) is 11.5. The lowest BCUT2D eigenvalue weighted by Crippen LogP contribution is -2.13. The van der Waals surface area contributed by atoms with E-state index in [2.05, 4.69) is 5.10 Å². The Morgan fingerprint density at radius 1 is 1.31 bits per heavy atom. The summed E-state index contributed by atoms with van der Waals surface area (Å²) in [4.78, 5) is 23.3. The number of carbonyl (C=O) groups excluding carboxylic acids is 1. The van der Waals surface area contributed by atoms with Crippen LogP contribution < -0.4 is 5.56 Å². The van der Waals surface area contributed by atoms with Crippen LogP contribution in [0.1, 0.15) is 23.0 Å². The Morgan fingerprint density at radius 3 is 2.56 bits per heavy atom. The molecule has 0 aliphatic carbocycles. The van der Waals surface area contributed by atoms with E-state index in [1.54, 1.807) is 24.3 Å². The first-order valence-corrected chi connectivity index (χ1v) is 5.12. The van der Waals surface area contributed by atoms with E-state index < -0.39 is 0 Å². The van der Waals surface area contributed by atoms with Crippen molar-refractivity contribution in [2.45, 2.75) is 13.5 Å². The van der Waals surface area contributed by atoms with Gasteiger partial charge in [0.15, 0.2) is 0 Å². The topological polar surface area (TPSA) is 54.9 Å². The molecule has 82 valence electrons. The van der Waals surface area contributed by atoms with E-state index in [0.29, 0.717) is 17.8 Å². The van der Waals surface area contributed by atoms with Gasteiger partial charge in [-0.25, -0.2) is 0 Å². The van der Waals surface area contributed by atoms with Crippen LogP contribution in [0.3, 0.4) is 0 Å². The van der Waals surface area contributed by atoms with Crippen LogP contribution >= 0.6 is 0 Å². The zero-order valence-electron chi connectivity index (χ0n) is 8.93. The number of carbonyl (C=O) groups is 1. The summed E-state index contributed by atoms with van der Waals surface area (Å²) in [5.74, 6) is -0.162. The van der Waals surface area contributed by atoms with Gasteiger partial charge in [-0.3, -0.25) is 19.4 Å². The van der Waals surface area contributed by atoms with Crippen LogP contribution in [-0.2, 0) is 6.54 Å². The maximum Gasteiger partial charge on any atom is 0.267 e. The van der Waals surface area contributed by atoms with E-state index in [-0.39, 0.29) is 11.3 Å². The molecule has 0 saturated carbocycles. The van der Waals surface area contributed by atoms with Crippen molar-refractivity contribution in [1.82, 2.24) is 9.78 Å². The molecule has 16 heavy (non-hydrogen) atoms. The fourth-order valence-corrected chi connectivity index (χ4v) is 1.53. The number of aromatic amines is 1. The Labute approximate surface area is 92.5 Å². The molecular formula is C12H12N2O2. The van der Waals surface area contributed by atoms with Gasteiger partial charge >= 0.3 is 0 Å². The molecule has 1 aromatic heterocycles. The van der Waals surface area contributed by atoms with Crippen molar-refractivity contribution in [3.8, 4) is 0 Å². The Hall–Kier alpha value is -2.10. The molecule has 0 spiro atoms. The second-order valence-electron chi connectivity index (χ2n) is 3.45. The number of H-pyrrole nitrogens is 1. The lowest BCUT2D eigenvalue weighted by Gasteiger charge is -1.98. The van der Waals surface area contributed by atoms with Crippen LogP contribution in [0.15, 0.2) is 41.2 Å². The lowest BCUT2D eigenvalue weighted by molar-refractivity contribution is 0.103. The number of nitrogens with zero attached hydrogens (tertiary/aromatic N) is 1. The molecule has 1 heterocycles. The normalized spacial score (nSPS) is 10.3. The predicted octanol–water partition coefficient (Wildman–Crippen LogP) is 1.43. The van der Waals surface area contributed by atoms with Gasteiger partial charge in [0.25, 0.3) is 5.56 Å². The minimum absolute atomic E-state index is 0.162. The second kappa shape index (κ2) is 4.18. The van der Waals surface area contributed by atoms with Gasteiger partial charge in [-0.15, -0.1) is 0 Å². The summed E-state index contributed by atoms with van der Waals surface area (Å²) >= 11 is 0. The summed E-state index contributed by atoms with van der Waals surface area (Å²) in [6.07, 6.45) is 0. The van der Waals surface area contributed by atoms with Crippen molar-refractivity contribution in [2.24, 2.45) is 0 Å². The first kappa shape index (κ1) is 10.4. The van der Waals surface area contributed by atoms with E-state index in [1.165, 1.54) is 10.7 Å². The number of rotatable bonds is 3. The standard InChI is InChI=1S/C12H12N2O2/c1-2-14-11(15)8-10(13-14)12(16)9-6-4-3-5-7-9/h3-8,13H,2H2,1H3. The van der Waals surface area contributed by atoms with Crippen molar-refractivity contribution in [3.63, 3.8) is 0 Å². The first-order valence-electron chi connectivity index (χ1n) is 5.12. The molecule has 0 aliphatic rings. The van der Waals surface area contributed by atoms with Crippen LogP contribution in [0.5, 0.6) is 0 Å². The van der Waals surface area contributed by atoms with Crippen LogP contribution in [-0.4, -0.2) is 15.6 Å². The summed E-state index contributed by atoms with van der Waals surface area (Å²) in [5.41, 5.74) is 0.729. The third kappa shape index (κ3) is 1.82. The molecule has 0 atom stereocenters. The Kier molecular flexibility index (Phi) is 2.72. The highest BCUT2D eigenvalue weighted by Crippen LogP contribution is 2.05. The highest BCUT2D eigenvalue weighted by Gasteiger charge is 2.12. The highest BCUT2D eigenvalue weighted by atomic mass is 16.1. The molecule has 2 aromatic rings. The minimum atomic E-state index is -0.179. The molecular weight excluding hydrogens is 204 g/mol. The van der Waals surface area contributed by atoms with Crippen LogP contribution in [0.4, 0.5) is 0 Å². The number of hydrogen-bond acceptors (Lipinski definition) is 2. The maximum atomic E-state index is 11.9. The SMILES string of the molecule is CCn1[nH]c(C(=O)c2ccccc2)cc1=O. The summed E-state index contributed by atoms with van der Waals surface area (Å²) in [6, 6.07) is 10.2. The monoisotopic (exact) mass is 216 g/mol. The molecule has 0 saturated heterocycles. The highest BCUT2D eigenvalue weighted by molar-refractivity contribution is 6.07. The summed E-state index contributed by atoms with van der Waals surface area (Å²) in [6.45, 7) is 2.37. The number of nitrogens with one attached hydrogen (secondary N) is 1. The largest absolute Gasteiger partial charge is 0.292 e. The molecule has 2 rings (SSSR count). The number of benzene rings is 1. The quantitative estimate of drug-likeness (QED) is 0.789. The van der Waals surface area contributed by atoms with Gasteiger partial charge < -0.3 is 0 Å². The van der Waals surface area contributed by atoms with Gasteiger partial charge in [0.2, 0.25) is 5.78 Å². The molecule has 0 amide bonds. The smallest absolute Gasteiger partial charge is 0.267 e. The summed E-state index contributed by atoms with van der Waals surface area (Å²) in [5, 5.41) is 2.78. The fraction of sp³-hybridized carbons (Fsp3) is 0.167. The molecule has 0 radical (unpaired) electrons. The minimum Gasteiger partial charge on any atom is -0.292 e. The number of hydrogen-bond donors (Lipinski definition) is 1. The fourth-order valence-electron chi connectivity index (χ4n) is 1.53. The van der Waals surface area contributed by atoms with Crippen LogP contribution in [0, 0.1) is 0 Å². The predicted molar refractivity (Wildman–Crippen MR) is 60.6 cm³/mol.